The summed E-state index contributed by atoms with van der Waals surface area (Å²) in [5.41, 5.74) is 0. The Bertz CT molecular complexity index is 567. The number of hydrogen-bond acceptors (Lipinski definition) is 4. The molecular weight excluding hydrogens is 336 g/mol. The van der Waals surface area contributed by atoms with Gasteiger partial charge in [0.2, 0.25) is 0 Å². The van der Waals surface area contributed by atoms with E-state index in [-0.39, 0.29) is 10.7 Å². The van der Waals surface area contributed by atoms with Crippen LogP contribution >= 0.6 is 11.6 Å². The zero-order valence-electron chi connectivity index (χ0n) is 13.6. The molecule has 1 rings (SSSR count). The molecule has 6 heteroatoms. The highest BCUT2D eigenvalue weighted by molar-refractivity contribution is 7.86. The Morgan fingerprint density at radius 2 is 1.57 bits per heavy atom. The second kappa shape index (κ2) is 10.8. The Balaban J connectivity index is 2.23. The van der Waals surface area contributed by atoms with E-state index in [0.717, 1.165) is 19.3 Å². The van der Waals surface area contributed by atoms with E-state index < -0.39 is 16.7 Å². The van der Waals surface area contributed by atoms with Crippen molar-refractivity contribution < 1.29 is 17.4 Å². The minimum Gasteiger partial charge on any atom is -0.297 e. The Hall–Kier alpha value is -0.910. The van der Waals surface area contributed by atoms with Gasteiger partial charge in [0.1, 0.15) is 6.61 Å². The second-order valence-electron chi connectivity index (χ2n) is 5.58. The molecule has 0 unspecified atom stereocenters. The smallest absolute Gasteiger partial charge is 0.297 e. The van der Waals surface area contributed by atoms with Crippen molar-refractivity contribution >= 4 is 27.5 Å². The average Bonchev–Trinajstić information content (AvgIpc) is 2.52. The van der Waals surface area contributed by atoms with Crippen LogP contribution in [0.15, 0.2) is 29.2 Å². The van der Waals surface area contributed by atoms with Crippen LogP contribution in [0.5, 0.6) is 0 Å². The minimum atomic E-state index is -3.90. The van der Waals surface area contributed by atoms with Crippen molar-refractivity contribution in [1.82, 2.24) is 0 Å². The lowest BCUT2D eigenvalue weighted by Gasteiger charge is -2.05. The highest BCUT2D eigenvalue weighted by Crippen LogP contribution is 2.16. The maximum Gasteiger partial charge on any atom is 0.297 e. The first-order chi connectivity index (χ1) is 11.0. The van der Waals surface area contributed by atoms with Crippen molar-refractivity contribution in [3.63, 3.8) is 0 Å². The topological polar surface area (TPSA) is 60.4 Å². The number of unbranched alkanes of at least 4 members (excludes halogenated alkanes) is 6. The summed E-state index contributed by atoms with van der Waals surface area (Å²) in [6, 6.07) is 5.66. The van der Waals surface area contributed by atoms with Crippen molar-refractivity contribution in [3.8, 4) is 0 Å². The number of Topliss-reactive ketones (excluding diaryl/α,β-unsaturated/α-hetero) is 1. The van der Waals surface area contributed by atoms with Crippen LogP contribution in [0.4, 0.5) is 0 Å². The van der Waals surface area contributed by atoms with Crippen LogP contribution in [0.1, 0.15) is 58.3 Å². The minimum absolute atomic E-state index is 0.00521. The standard InChI is InChI=1S/C17H25ClO4S/c1-2-3-4-5-6-7-8-9-16(19)14-22-23(20,21)17-12-10-15(18)11-13-17/h10-13H,2-9,14H2,1H3. The number of carbonyl (C=O) groups is 1. The van der Waals surface area contributed by atoms with Crippen molar-refractivity contribution in [2.75, 3.05) is 6.61 Å². The van der Waals surface area contributed by atoms with Crippen LogP contribution < -0.4 is 0 Å². The molecule has 1 aromatic carbocycles. The number of hydrogen-bond donors (Lipinski definition) is 0. The molecule has 0 radical (unpaired) electrons. The molecule has 23 heavy (non-hydrogen) atoms. The lowest BCUT2D eigenvalue weighted by atomic mass is 10.1. The highest BCUT2D eigenvalue weighted by atomic mass is 35.5. The second-order valence-corrected chi connectivity index (χ2v) is 7.63. The van der Waals surface area contributed by atoms with Gasteiger partial charge in [0.05, 0.1) is 4.90 Å². The Morgan fingerprint density at radius 1 is 1.00 bits per heavy atom. The molecule has 0 amide bonds. The summed E-state index contributed by atoms with van der Waals surface area (Å²) < 4.78 is 28.6. The van der Waals surface area contributed by atoms with E-state index in [9.17, 15) is 13.2 Å². The number of benzene rings is 1. The molecule has 0 saturated heterocycles. The van der Waals surface area contributed by atoms with Crippen molar-refractivity contribution in [2.24, 2.45) is 0 Å². The van der Waals surface area contributed by atoms with Gasteiger partial charge >= 0.3 is 0 Å². The Labute approximate surface area is 144 Å². The van der Waals surface area contributed by atoms with Gasteiger partial charge in [-0.05, 0) is 30.7 Å². The molecule has 0 aromatic heterocycles. The molecule has 0 atom stereocenters. The molecule has 0 N–H and O–H groups in total. The molecule has 4 nitrogen and oxygen atoms in total. The van der Waals surface area contributed by atoms with Crippen LogP contribution in [0.3, 0.4) is 0 Å². The number of ketones is 1. The van der Waals surface area contributed by atoms with Gasteiger partial charge in [-0.2, -0.15) is 8.42 Å². The fourth-order valence-electron chi connectivity index (χ4n) is 2.16. The van der Waals surface area contributed by atoms with Crippen LogP contribution in [0.25, 0.3) is 0 Å². The molecule has 0 heterocycles. The summed E-state index contributed by atoms with van der Waals surface area (Å²) in [5.74, 6) is -0.184. The number of halogens is 1. The van der Waals surface area contributed by atoms with Gasteiger partial charge in [-0.3, -0.25) is 8.98 Å². The monoisotopic (exact) mass is 360 g/mol. The maximum atomic E-state index is 11.9. The predicted octanol–water partition coefficient (Wildman–Crippen LogP) is 4.76. The largest absolute Gasteiger partial charge is 0.297 e. The van der Waals surface area contributed by atoms with E-state index in [1.54, 1.807) is 0 Å². The number of rotatable bonds is 12. The predicted molar refractivity (Wildman–Crippen MR) is 92.2 cm³/mol. The Kier molecular flexibility index (Phi) is 9.44. The lowest BCUT2D eigenvalue weighted by molar-refractivity contribution is -0.121. The summed E-state index contributed by atoms with van der Waals surface area (Å²) in [5, 5.41) is 0.443. The molecule has 0 spiro atoms. The van der Waals surface area contributed by atoms with Crippen LogP contribution in [-0.4, -0.2) is 20.8 Å². The maximum absolute atomic E-state index is 11.9. The highest BCUT2D eigenvalue weighted by Gasteiger charge is 2.16. The zero-order chi connectivity index (χ0) is 17.1. The molecule has 0 aliphatic heterocycles. The molecule has 130 valence electrons. The van der Waals surface area contributed by atoms with E-state index in [4.69, 9.17) is 15.8 Å². The van der Waals surface area contributed by atoms with E-state index in [0.29, 0.717) is 11.4 Å². The van der Waals surface area contributed by atoms with Crippen LogP contribution in [-0.2, 0) is 19.1 Å². The first kappa shape index (κ1) is 20.1. The van der Waals surface area contributed by atoms with Gasteiger partial charge in [-0.25, -0.2) is 0 Å². The van der Waals surface area contributed by atoms with Crippen molar-refractivity contribution in [3.05, 3.63) is 29.3 Å². The molecule has 0 fully saturated rings. The third-order valence-corrected chi connectivity index (χ3v) is 5.07. The normalized spacial score (nSPS) is 11.6. The van der Waals surface area contributed by atoms with E-state index in [1.807, 2.05) is 0 Å². The molecule has 0 saturated carbocycles. The third kappa shape index (κ3) is 8.49. The first-order valence-corrected chi connectivity index (χ1v) is 9.91. The fourth-order valence-corrected chi connectivity index (χ4v) is 3.18. The van der Waals surface area contributed by atoms with E-state index >= 15 is 0 Å². The van der Waals surface area contributed by atoms with Gasteiger partial charge in [0.25, 0.3) is 10.1 Å². The van der Waals surface area contributed by atoms with Crippen molar-refractivity contribution in [1.29, 1.82) is 0 Å². The quantitative estimate of drug-likeness (QED) is 0.398. The average molecular weight is 361 g/mol. The van der Waals surface area contributed by atoms with Gasteiger partial charge < -0.3 is 0 Å². The first-order valence-electron chi connectivity index (χ1n) is 8.12. The fraction of sp³-hybridized carbons (Fsp3) is 0.588. The van der Waals surface area contributed by atoms with E-state index in [2.05, 4.69) is 6.92 Å². The summed E-state index contributed by atoms with van der Waals surface area (Å²) >= 11 is 5.71. The van der Waals surface area contributed by atoms with Crippen LogP contribution in [0, 0.1) is 0 Å². The van der Waals surface area contributed by atoms with Crippen molar-refractivity contribution in [2.45, 2.75) is 63.2 Å². The summed E-state index contributed by atoms with van der Waals surface area (Å²) in [4.78, 5) is 11.7. The SMILES string of the molecule is CCCCCCCCCC(=O)COS(=O)(=O)c1ccc(Cl)cc1. The molecule has 0 bridgehead atoms. The van der Waals surface area contributed by atoms with Gasteiger partial charge in [-0.15, -0.1) is 0 Å². The third-order valence-electron chi connectivity index (χ3n) is 3.54. The zero-order valence-corrected chi connectivity index (χ0v) is 15.2. The molecule has 0 aliphatic carbocycles. The van der Waals surface area contributed by atoms with Gasteiger partial charge in [-0.1, -0.05) is 57.0 Å². The number of carbonyl (C=O) groups excluding carboxylic acids is 1. The molecular formula is C17H25ClO4S. The van der Waals surface area contributed by atoms with Crippen LogP contribution in [0.2, 0.25) is 5.02 Å². The molecule has 0 aliphatic rings. The lowest BCUT2D eigenvalue weighted by Crippen LogP contribution is -2.14. The van der Waals surface area contributed by atoms with E-state index in [1.165, 1.54) is 49.9 Å². The summed E-state index contributed by atoms with van der Waals surface area (Å²) in [6.45, 7) is 1.78. The summed E-state index contributed by atoms with van der Waals surface area (Å²) in [7, 11) is -3.90. The Morgan fingerprint density at radius 3 is 2.17 bits per heavy atom. The molecule has 1 aromatic rings. The van der Waals surface area contributed by atoms with Gasteiger partial charge in [0, 0.05) is 11.4 Å². The van der Waals surface area contributed by atoms with Gasteiger partial charge in [0.15, 0.2) is 5.78 Å². The summed E-state index contributed by atoms with van der Waals surface area (Å²) in [6.07, 6.45) is 8.19.